The highest BCUT2D eigenvalue weighted by Gasteiger charge is 1.87. The zero-order chi connectivity index (χ0) is 9.44. The van der Waals surface area contributed by atoms with Gasteiger partial charge in [-0.25, -0.2) is 0 Å². The Kier molecular flexibility index (Phi) is 8.01. The lowest BCUT2D eigenvalue weighted by atomic mass is 10.7. The Morgan fingerprint density at radius 2 is 1.64 bits per heavy atom. The molecular formula is C6H14N2O3. The van der Waals surface area contributed by atoms with Crippen LogP contribution in [0.25, 0.3) is 0 Å². The zero-order valence-electron chi connectivity index (χ0n) is 7.00. The van der Waals surface area contributed by atoms with E-state index in [4.69, 9.17) is 5.11 Å². The van der Waals surface area contributed by atoms with Gasteiger partial charge in [0, 0.05) is 21.0 Å². The zero-order valence-corrected chi connectivity index (χ0v) is 7.00. The Morgan fingerprint density at radius 1 is 1.45 bits per heavy atom. The second-order valence-corrected chi connectivity index (χ2v) is 2.01. The summed E-state index contributed by atoms with van der Waals surface area (Å²) in [4.78, 5) is 20.8. The lowest BCUT2D eigenvalue weighted by molar-refractivity contribution is -0.135. The highest BCUT2D eigenvalue weighted by molar-refractivity contribution is 5.72. The molecule has 0 heterocycles. The average Bonchev–Trinajstić information content (AvgIpc) is 1.89. The molecular weight excluding hydrogens is 148 g/mol. The van der Waals surface area contributed by atoms with Crippen molar-refractivity contribution in [1.82, 2.24) is 4.90 Å². The minimum Gasteiger partial charge on any atom is -0.480 e. The number of hydrogen-bond donors (Lipinski definition) is 2. The highest BCUT2D eigenvalue weighted by Crippen LogP contribution is 1.69. The van der Waals surface area contributed by atoms with Crippen LogP contribution in [0.15, 0.2) is 0 Å². The molecule has 0 aliphatic heterocycles. The minimum atomic E-state index is -0.968. The Labute approximate surface area is 65.8 Å². The van der Waals surface area contributed by atoms with Gasteiger partial charge in [-0.15, -0.1) is 0 Å². The summed E-state index contributed by atoms with van der Waals surface area (Å²) in [7, 11) is 3.45. The SMILES string of the molecule is CC(=O)N(C)C.NCC(=O)O. The lowest BCUT2D eigenvalue weighted by Gasteiger charge is -2.02. The quantitative estimate of drug-likeness (QED) is 0.524. The van der Waals surface area contributed by atoms with Gasteiger partial charge in [0.15, 0.2) is 0 Å². The van der Waals surface area contributed by atoms with E-state index in [0.29, 0.717) is 0 Å². The Morgan fingerprint density at radius 3 is 1.64 bits per heavy atom. The molecule has 0 saturated heterocycles. The largest absolute Gasteiger partial charge is 0.480 e. The summed E-state index contributed by atoms with van der Waals surface area (Å²) in [6.45, 7) is 1.25. The van der Waals surface area contributed by atoms with Gasteiger partial charge in [0.2, 0.25) is 5.91 Å². The molecule has 3 N–H and O–H groups in total. The minimum absolute atomic E-state index is 0.0926. The molecule has 0 fully saturated rings. The van der Waals surface area contributed by atoms with Crippen LogP contribution in [0, 0.1) is 0 Å². The van der Waals surface area contributed by atoms with E-state index in [1.54, 1.807) is 14.1 Å². The van der Waals surface area contributed by atoms with Gasteiger partial charge in [-0.1, -0.05) is 0 Å². The molecule has 5 nitrogen and oxygen atoms in total. The molecule has 0 bridgehead atoms. The van der Waals surface area contributed by atoms with Crippen LogP contribution in [0.3, 0.4) is 0 Å². The third-order valence-corrected chi connectivity index (χ3v) is 0.804. The fourth-order valence-corrected chi connectivity index (χ4v) is 0. The standard InChI is InChI=1S/C4H9NO.C2H5NO2/c1-4(6)5(2)3;3-1-2(4)5/h1-3H3;1,3H2,(H,4,5). The number of carboxylic acid groups (broad SMARTS) is 1. The van der Waals surface area contributed by atoms with Gasteiger partial charge in [-0.3, -0.25) is 9.59 Å². The van der Waals surface area contributed by atoms with E-state index in [9.17, 15) is 9.59 Å². The third kappa shape index (κ3) is 17.6. The molecule has 0 unspecified atom stereocenters. The molecule has 0 rings (SSSR count). The van der Waals surface area contributed by atoms with Crippen molar-refractivity contribution in [3.63, 3.8) is 0 Å². The average molecular weight is 162 g/mol. The molecule has 0 saturated carbocycles. The van der Waals surface area contributed by atoms with Crippen molar-refractivity contribution in [3.8, 4) is 0 Å². The molecule has 5 heteroatoms. The summed E-state index contributed by atoms with van der Waals surface area (Å²) in [6, 6.07) is 0. The Balaban J connectivity index is 0. The maximum absolute atomic E-state index is 10.1. The molecule has 0 aromatic rings. The van der Waals surface area contributed by atoms with Gasteiger partial charge >= 0.3 is 5.97 Å². The molecule has 0 radical (unpaired) electrons. The van der Waals surface area contributed by atoms with E-state index >= 15 is 0 Å². The molecule has 0 aliphatic carbocycles. The summed E-state index contributed by atoms with van der Waals surface area (Å²) in [5, 5.41) is 7.60. The molecule has 0 aromatic carbocycles. The van der Waals surface area contributed by atoms with Crippen LogP contribution in [-0.4, -0.2) is 42.5 Å². The normalized spacial score (nSPS) is 7.64. The highest BCUT2D eigenvalue weighted by atomic mass is 16.4. The number of carbonyl (C=O) groups is 2. The Hall–Kier alpha value is -1.10. The first kappa shape index (κ1) is 12.6. The van der Waals surface area contributed by atoms with E-state index in [2.05, 4.69) is 5.73 Å². The van der Waals surface area contributed by atoms with Crippen LogP contribution in [0.2, 0.25) is 0 Å². The summed E-state index contributed by atoms with van der Waals surface area (Å²) in [5.41, 5.74) is 4.57. The first-order chi connectivity index (χ1) is 4.91. The van der Waals surface area contributed by atoms with Crippen LogP contribution >= 0.6 is 0 Å². The first-order valence-electron chi connectivity index (χ1n) is 3.01. The summed E-state index contributed by atoms with van der Waals surface area (Å²) in [6.07, 6.45) is 0. The van der Waals surface area contributed by atoms with Gasteiger partial charge in [0.1, 0.15) is 0 Å². The van der Waals surface area contributed by atoms with E-state index < -0.39 is 5.97 Å². The van der Waals surface area contributed by atoms with E-state index in [1.165, 1.54) is 11.8 Å². The van der Waals surface area contributed by atoms with Crippen LogP contribution in [0.4, 0.5) is 0 Å². The smallest absolute Gasteiger partial charge is 0.317 e. The lowest BCUT2D eigenvalue weighted by Crippen LogP contribution is -2.17. The van der Waals surface area contributed by atoms with Crippen molar-refractivity contribution in [2.45, 2.75) is 6.92 Å². The number of hydrogen-bond acceptors (Lipinski definition) is 3. The van der Waals surface area contributed by atoms with E-state index in [-0.39, 0.29) is 12.5 Å². The number of carbonyl (C=O) groups excluding carboxylic acids is 1. The predicted molar refractivity (Wildman–Crippen MR) is 41.1 cm³/mol. The second kappa shape index (κ2) is 7.01. The van der Waals surface area contributed by atoms with Crippen molar-refractivity contribution >= 4 is 11.9 Å². The number of nitrogens with two attached hydrogens (primary N) is 1. The molecule has 0 aliphatic rings. The summed E-state index contributed by atoms with van der Waals surface area (Å²) < 4.78 is 0. The van der Waals surface area contributed by atoms with Crippen LogP contribution in [0.1, 0.15) is 6.92 Å². The fourth-order valence-electron chi connectivity index (χ4n) is 0. The molecule has 0 atom stereocenters. The first-order valence-corrected chi connectivity index (χ1v) is 3.01. The van der Waals surface area contributed by atoms with Gasteiger partial charge in [-0.05, 0) is 0 Å². The van der Waals surface area contributed by atoms with Gasteiger partial charge in [0.05, 0.1) is 6.54 Å². The van der Waals surface area contributed by atoms with Crippen molar-refractivity contribution in [2.75, 3.05) is 20.6 Å². The monoisotopic (exact) mass is 162 g/mol. The van der Waals surface area contributed by atoms with Crippen LogP contribution in [0.5, 0.6) is 0 Å². The number of nitrogens with zero attached hydrogens (tertiary/aromatic N) is 1. The number of rotatable bonds is 1. The molecule has 11 heavy (non-hydrogen) atoms. The van der Waals surface area contributed by atoms with Crippen molar-refractivity contribution < 1.29 is 14.7 Å². The molecule has 1 amide bonds. The van der Waals surface area contributed by atoms with Crippen LogP contribution in [-0.2, 0) is 9.59 Å². The third-order valence-electron chi connectivity index (χ3n) is 0.804. The molecule has 0 spiro atoms. The van der Waals surface area contributed by atoms with Crippen molar-refractivity contribution in [2.24, 2.45) is 5.73 Å². The Bertz CT molecular complexity index is 134. The number of carboxylic acids is 1. The van der Waals surface area contributed by atoms with Crippen molar-refractivity contribution in [3.05, 3.63) is 0 Å². The van der Waals surface area contributed by atoms with E-state index in [0.717, 1.165) is 0 Å². The fraction of sp³-hybridized carbons (Fsp3) is 0.667. The van der Waals surface area contributed by atoms with Crippen molar-refractivity contribution in [1.29, 1.82) is 0 Å². The molecule has 66 valence electrons. The van der Waals surface area contributed by atoms with Gasteiger partial charge in [0.25, 0.3) is 0 Å². The maximum atomic E-state index is 10.1. The number of amides is 1. The summed E-state index contributed by atoms with van der Waals surface area (Å²) in [5.74, 6) is -0.875. The van der Waals surface area contributed by atoms with Gasteiger partial charge < -0.3 is 15.7 Å². The maximum Gasteiger partial charge on any atom is 0.317 e. The van der Waals surface area contributed by atoms with Crippen LogP contribution < -0.4 is 5.73 Å². The number of aliphatic carboxylic acids is 1. The molecule has 0 aromatic heterocycles. The topological polar surface area (TPSA) is 83.6 Å². The van der Waals surface area contributed by atoms with E-state index in [1.807, 2.05) is 0 Å². The summed E-state index contributed by atoms with van der Waals surface area (Å²) >= 11 is 0. The second-order valence-electron chi connectivity index (χ2n) is 2.01. The predicted octanol–water partition coefficient (Wildman–Crippen LogP) is -0.876. The van der Waals surface area contributed by atoms with Gasteiger partial charge in [-0.2, -0.15) is 0 Å².